The zero-order valence-corrected chi connectivity index (χ0v) is 20.6. The van der Waals surface area contributed by atoms with Gasteiger partial charge >= 0.3 is 0 Å². The number of ether oxygens (including phenoxy) is 3. The number of nitrogens with zero attached hydrogens (tertiary/aromatic N) is 2. The van der Waals surface area contributed by atoms with Gasteiger partial charge in [-0.2, -0.15) is 0 Å². The number of methoxy groups -OCH3 is 1. The molecule has 0 spiro atoms. The number of amides is 1. The topological polar surface area (TPSA) is 88.5 Å². The Morgan fingerprint density at radius 2 is 1.83 bits per heavy atom. The summed E-state index contributed by atoms with van der Waals surface area (Å²) in [4.78, 5) is 30.1. The lowest BCUT2D eigenvalue weighted by Gasteiger charge is -2.31. The van der Waals surface area contributed by atoms with E-state index < -0.39 is 17.7 Å². The third-order valence-corrected chi connectivity index (χ3v) is 6.53. The van der Waals surface area contributed by atoms with E-state index in [1.165, 1.54) is 18.1 Å². The fourth-order valence-corrected chi connectivity index (χ4v) is 4.67. The predicted molar refractivity (Wildman–Crippen MR) is 132 cm³/mol. The maximum Gasteiger partial charge on any atom is 0.295 e. The molecule has 0 aliphatic carbocycles. The highest BCUT2D eigenvalue weighted by molar-refractivity contribution is 6.46. The summed E-state index contributed by atoms with van der Waals surface area (Å²) in [5.41, 5.74) is 1.07. The van der Waals surface area contributed by atoms with Crippen LogP contribution in [0.5, 0.6) is 11.5 Å². The molecule has 9 heteroatoms. The van der Waals surface area contributed by atoms with Crippen LogP contribution in [0.2, 0.25) is 5.02 Å². The summed E-state index contributed by atoms with van der Waals surface area (Å²) in [6.45, 7) is 6.16. The molecule has 2 saturated heterocycles. The second kappa shape index (κ2) is 11.1. The minimum atomic E-state index is -0.743. The van der Waals surface area contributed by atoms with Crippen LogP contribution in [0.3, 0.4) is 0 Å². The van der Waals surface area contributed by atoms with Crippen LogP contribution in [0.1, 0.15) is 24.1 Å². The zero-order chi connectivity index (χ0) is 24.9. The van der Waals surface area contributed by atoms with Crippen LogP contribution in [0, 0.1) is 0 Å². The van der Waals surface area contributed by atoms with E-state index in [0.29, 0.717) is 55.5 Å². The van der Waals surface area contributed by atoms with Crippen molar-refractivity contribution in [3.63, 3.8) is 0 Å². The lowest BCUT2D eigenvalue weighted by Crippen LogP contribution is -2.42. The number of halogens is 1. The maximum atomic E-state index is 13.2. The van der Waals surface area contributed by atoms with Crippen molar-refractivity contribution < 1.29 is 28.9 Å². The highest BCUT2D eigenvalue weighted by Crippen LogP contribution is 2.40. The molecule has 2 fully saturated rings. The van der Waals surface area contributed by atoms with Gasteiger partial charge in [0.1, 0.15) is 17.3 Å². The Hall–Kier alpha value is -3.07. The SMILES string of the molecule is CCOc1ccc([C@H]2/C(=C(\O)c3ccc(OC)c(Cl)c3)C(=O)C(=O)N2CCN2CCOCC2)cc1. The normalized spacial score (nSPS) is 20.3. The van der Waals surface area contributed by atoms with Crippen LogP contribution >= 0.6 is 11.6 Å². The maximum absolute atomic E-state index is 13.2. The van der Waals surface area contributed by atoms with Crippen molar-refractivity contribution >= 4 is 29.1 Å². The average Bonchev–Trinajstić information content (AvgIpc) is 3.13. The second-order valence-electron chi connectivity index (χ2n) is 8.30. The Labute approximate surface area is 209 Å². The fraction of sp³-hybridized carbons (Fsp3) is 0.385. The molecule has 1 atom stereocenters. The molecule has 0 saturated carbocycles. The predicted octanol–water partition coefficient (Wildman–Crippen LogP) is 3.50. The molecular weight excluding hydrogens is 472 g/mol. The number of ketones is 1. The summed E-state index contributed by atoms with van der Waals surface area (Å²) in [6.07, 6.45) is 0. The van der Waals surface area contributed by atoms with Crippen LogP contribution < -0.4 is 9.47 Å². The van der Waals surface area contributed by atoms with Crippen LogP contribution in [0.4, 0.5) is 0 Å². The first-order valence-corrected chi connectivity index (χ1v) is 12.0. The van der Waals surface area contributed by atoms with Crippen molar-refractivity contribution in [1.82, 2.24) is 9.80 Å². The third kappa shape index (κ3) is 5.29. The van der Waals surface area contributed by atoms with Gasteiger partial charge in [0.15, 0.2) is 0 Å². The molecule has 1 N–H and O–H groups in total. The Balaban J connectivity index is 1.73. The number of aliphatic hydroxyl groups excluding tert-OH is 1. The Bertz CT molecular complexity index is 1110. The smallest absolute Gasteiger partial charge is 0.295 e. The number of likely N-dealkylation sites (tertiary alicyclic amines) is 1. The molecule has 1 amide bonds. The quantitative estimate of drug-likeness (QED) is 0.337. The summed E-state index contributed by atoms with van der Waals surface area (Å²) < 4.78 is 16.1. The van der Waals surface area contributed by atoms with Gasteiger partial charge in [0.25, 0.3) is 11.7 Å². The molecule has 186 valence electrons. The number of morpholine rings is 1. The molecule has 0 unspecified atom stereocenters. The molecule has 35 heavy (non-hydrogen) atoms. The van der Waals surface area contributed by atoms with Crippen LogP contribution in [0.25, 0.3) is 5.76 Å². The largest absolute Gasteiger partial charge is 0.507 e. The van der Waals surface area contributed by atoms with Gasteiger partial charge in [-0.05, 0) is 42.8 Å². The van der Waals surface area contributed by atoms with Crippen molar-refractivity contribution in [3.8, 4) is 11.5 Å². The molecule has 0 aromatic heterocycles. The number of aliphatic hydroxyl groups is 1. The molecule has 2 heterocycles. The van der Waals surface area contributed by atoms with Gasteiger partial charge in [-0.1, -0.05) is 23.7 Å². The first-order valence-electron chi connectivity index (χ1n) is 11.6. The highest BCUT2D eigenvalue weighted by atomic mass is 35.5. The Morgan fingerprint density at radius 3 is 2.46 bits per heavy atom. The van der Waals surface area contributed by atoms with E-state index in [2.05, 4.69) is 4.90 Å². The van der Waals surface area contributed by atoms with E-state index in [9.17, 15) is 14.7 Å². The number of carbonyl (C=O) groups is 2. The Morgan fingerprint density at radius 1 is 1.11 bits per heavy atom. The molecule has 2 aliphatic rings. The Kier molecular flexibility index (Phi) is 7.95. The third-order valence-electron chi connectivity index (χ3n) is 6.23. The van der Waals surface area contributed by atoms with Crippen LogP contribution in [-0.2, 0) is 14.3 Å². The minimum Gasteiger partial charge on any atom is -0.507 e. The summed E-state index contributed by atoms with van der Waals surface area (Å²) in [6, 6.07) is 11.2. The molecule has 0 bridgehead atoms. The number of hydrogen-bond donors (Lipinski definition) is 1. The lowest BCUT2D eigenvalue weighted by atomic mass is 9.95. The van der Waals surface area contributed by atoms with Crippen molar-refractivity contribution in [3.05, 3.63) is 64.2 Å². The lowest BCUT2D eigenvalue weighted by molar-refractivity contribution is -0.140. The molecule has 2 aromatic rings. The molecule has 4 rings (SSSR count). The van der Waals surface area contributed by atoms with Gasteiger partial charge in [0.2, 0.25) is 0 Å². The van der Waals surface area contributed by atoms with Gasteiger partial charge < -0.3 is 24.2 Å². The zero-order valence-electron chi connectivity index (χ0n) is 19.8. The number of hydrogen-bond acceptors (Lipinski definition) is 7. The van der Waals surface area contributed by atoms with Crippen molar-refractivity contribution in [1.29, 1.82) is 0 Å². The second-order valence-corrected chi connectivity index (χ2v) is 8.71. The molecule has 2 aromatic carbocycles. The van der Waals surface area contributed by atoms with Crippen LogP contribution in [0.15, 0.2) is 48.0 Å². The molecule has 2 aliphatic heterocycles. The summed E-state index contributed by atoms with van der Waals surface area (Å²) in [5, 5.41) is 11.5. The van der Waals surface area contributed by atoms with E-state index in [0.717, 1.165) is 13.1 Å². The van der Waals surface area contributed by atoms with Gasteiger partial charge in [0, 0.05) is 31.7 Å². The molecule has 8 nitrogen and oxygen atoms in total. The monoisotopic (exact) mass is 500 g/mol. The van der Waals surface area contributed by atoms with E-state index in [-0.39, 0.29) is 16.4 Å². The molecule has 0 radical (unpaired) electrons. The van der Waals surface area contributed by atoms with Gasteiger partial charge in [-0.3, -0.25) is 14.5 Å². The fourth-order valence-electron chi connectivity index (χ4n) is 4.41. The highest BCUT2D eigenvalue weighted by Gasteiger charge is 2.46. The van der Waals surface area contributed by atoms with E-state index >= 15 is 0 Å². The first-order chi connectivity index (χ1) is 16.9. The van der Waals surface area contributed by atoms with Crippen molar-refractivity contribution in [2.75, 3.05) is 53.1 Å². The summed E-state index contributed by atoms with van der Waals surface area (Å²) in [7, 11) is 1.49. The number of Topliss-reactive ketones (excluding diaryl/α,β-unsaturated/α-hetero) is 1. The summed E-state index contributed by atoms with van der Waals surface area (Å²) >= 11 is 6.26. The van der Waals surface area contributed by atoms with E-state index in [4.69, 9.17) is 25.8 Å². The number of benzene rings is 2. The van der Waals surface area contributed by atoms with E-state index in [1.807, 2.05) is 19.1 Å². The molecular formula is C26H29ClN2O6. The van der Waals surface area contributed by atoms with Gasteiger partial charge in [-0.15, -0.1) is 0 Å². The van der Waals surface area contributed by atoms with Crippen molar-refractivity contribution in [2.45, 2.75) is 13.0 Å². The first kappa shape index (κ1) is 25.0. The number of rotatable bonds is 8. The van der Waals surface area contributed by atoms with Gasteiger partial charge in [0.05, 0.1) is 43.6 Å². The van der Waals surface area contributed by atoms with Gasteiger partial charge in [-0.25, -0.2) is 0 Å². The standard InChI is InChI=1S/C26H29ClN2O6/c1-3-35-19-7-4-17(5-8-19)23-22(24(30)18-6-9-21(33-2)20(27)16-18)25(31)26(32)29(23)11-10-28-12-14-34-15-13-28/h4-9,16,23,30H,3,10-15H2,1-2H3/b24-22+/t23-/m0/s1. The van der Waals surface area contributed by atoms with Crippen LogP contribution in [-0.4, -0.2) is 79.7 Å². The summed E-state index contributed by atoms with van der Waals surface area (Å²) in [5.74, 6) is -0.519. The van der Waals surface area contributed by atoms with E-state index in [1.54, 1.807) is 24.3 Å². The minimum absolute atomic E-state index is 0.0300. The average molecular weight is 501 g/mol. The van der Waals surface area contributed by atoms with Crippen molar-refractivity contribution in [2.24, 2.45) is 0 Å². The number of carbonyl (C=O) groups excluding carboxylic acids is 2.